The van der Waals surface area contributed by atoms with Crippen LogP contribution in [0.4, 0.5) is 16.5 Å². The van der Waals surface area contributed by atoms with Crippen molar-refractivity contribution in [3.8, 4) is 5.75 Å². The van der Waals surface area contributed by atoms with Crippen molar-refractivity contribution in [2.75, 3.05) is 70.9 Å². The average molecular weight is 466 g/mol. The molecule has 0 aliphatic carbocycles. The van der Waals surface area contributed by atoms with Gasteiger partial charge in [0.15, 0.2) is 0 Å². The number of azo groups is 1. The topological polar surface area (TPSA) is 53.3 Å². The molecule has 0 unspecified atom stereocenters. The maximum Gasteiger partial charge on any atom is 0.231 e. The first kappa shape index (κ1) is 22.3. The number of hydrogen-bond donors (Lipinski definition) is 0. The summed E-state index contributed by atoms with van der Waals surface area (Å²) in [6.45, 7) is 15.5. The van der Waals surface area contributed by atoms with E-state index in [-0.39, 0.29) is 0 Å². The minimum Gasteiger partial charge on any atom is -0.497 e. The van der Waals surface area contributed by atoms with Crippen molar-refractivity contribution in [2.45, 2.75) is 13.8 Å². The Morgan fingerprint density at radius 1 is 1.09 bits per heavy atom. The highest BCUT2D eigenvalue weighted by Crippen LogP contribution is 2.33. The molecule has 2 bridgehead atoms. The monoisotopic (exact) mass is 465 g/mol. The summed E-state index contributed by atoms with van der Waals surface area (Å²) in [7, 11) is 1.66. The van der Waals surface area contributed by atoms with Crippen LogP contribution in [0.1, 0.15) is 12.5 Å². The van der Waals surface area contributed by atoms with Gasteiger partial charge in [-0.05, 0) is 49.7 Å². The maximum atomic E-state index is 5.29. The fourth-order valence-corrected chi connectivity index (χ4v) is 5.75. The van der Waals surface area contributed by atoms with Crippen LogP contribution in [0.15, 0.2) is 46.6 Å². The highest BCUT2D eigenvalue weighted by molar-refractivity contribution is 7.21. The summed E-state index contributed by atoms with van der Waals surface area (Å²) >= 11 is 1.54. The van der Waals surface area contributed by atoms with Gasteiger partial charge in [-0.3, -0.25) is 4.90 Å². The van der Waals surface area contributed by atoms with Gasteiger partial charge >= 0.3 is 0 Å². The summed E-state index contributed by atoms with van der Waals surface area (Å²) in [4.78, 5) is 9.69. The van der Waals surface area contributed by atoms with Crippen molar-refractivity contribution >= 4 is 38.1 Å². The predicted octanol–water partition coefficient (Wildman–Crippen LogP) is 5.00. The van der Waals surface area contributed by atoms with Crippen LogP contribution in [0, 0.1) is 6.92 Å². The standard InChI is InChI=1S/C25H33N6OS/c1-4-30(12-16-31-13-9-29(10-14-31)11-15-31)20-5-7-22(19(2)17-20)27-28-25-26-23-18-21(32-3)6-8-24(23)33-25/h5-8,17-18H,4,9-16H2,1-3H3/q+1/b28-27+. The van der Waals surface area contributed by atoms with E-state index in [0.29, 0.717) is 5.13 Å². The zero-order valence-electron chi connectivity index (χ0n) is 19.8. The number of aryl methyl sites for hydroxylation is 1. The number of fused-ring (bicyclic) bond motifs is 4. The van der Waals surface area contributed by atoms with Gasteiger partial charge in [0, 0.05) is 37.9 Å². The van der Waals surface area contributed by atoms with Crippen molar-refractivity contribution in [1.82, 2.24) is 9.88 Å². The Balaban J connectivity index is 1.27. The van der Waals surface area contributed by atoms with E-state index in [4.69, 9.17) is 4.74 Å². The molecule has 0 radical (unpaired) electrons. The summed E-state index contributed by atoms with van der Waals surface area (Å²) < 4.78 is 7.66. The number of hydrogen-bond acceptors (Lipinski definition) is 7. The summed E-state index contributed by atoms with van der Waals surface area (Å²) in [6, 6.07) is 12.4. The SMILES string of the molecule is CCN(CC[N+]12CCN(CC1)CC2)c1ccc(/N=N/c2nc3cc(OC)ccc3s2)c(C)c1. The molecule has 3 fully saturated rings. The van der Waals surface area contributed by atoms with Gasteiger partial charge in [-0.15, -0.1) is 10.2 Å². The quantitative estimate of drug-likeness (QED) is 0.347. The fourth-order valence-electron chi connectivity index (χ4n) is 4.98. The minimum atomic E-state index is 0.660. The number of rotatable bonds is 8. The van der Waals surface area contributed by atoms with Crippen LogP contribution >= 0.6 is 11.3 Å². The number of ether oxygens (including phenoxy) is 1. The highest BCUT2D eigenvalue weighted by atomic mass is 32.1. The molecule has 0 saturated carbocycles. The van der Waals surface area contributed by atoms with Crippen LogP contribution in [0.5, 0.6) is 5.75 Å². The third-order valence-electron chi connectivity index (χ3n) is 7.27. The van der Waals surface area contributed by atoms with Crippen molar-refractivity contribution in [3.63, 3.8) is 0 Å². The summed E-state index contributed by atoms with van der Waals surface area (Å²) in [5.74, 6) is 0.801. The molecule has 174 valence electrons. The average Bonchev–Trinajstić information content (AvgIpc) is 3.27. The molecule has 0 amide bonds. The number of nitrogens with zero attached hydrogens (tertiary/aromatic N) is 6. The lowest BCUT2D eigenvalue weighted by atomic mass is 10.1. The first-order valence-corrected chi connectivity index (χ1v) is 12.7. The molecular formula is C25H33N6OS+. The molecule has 6 rings (SSSR count). The van der Waals surface area contributed by atoms with Gasteiger partial charge in [0.05, 0.1) is 55.7 Å². The molecule has 3 aliphatic heterocycles. The number of piperazine rings is 3. The molecule has 0 N–H and O–H groups in total. The molecule has 0 atom stereocenters. The lowest BCUT2D eigenvalue weighted by Crippen LogP contribution is -2.68. The highest BCUT2D eigenvalue weighted by Gasteiger charge is 2.38. The van der Waals surface area contributed by atoms with Gasteiger partial charge in [-0.25, -0.2) is 4.98 Å². The molecule has 33 heavy (non-hydrogen) atoms. The van der Waals surface area contributed by atoms with Crippen molar-refractivity contribution in [1.29, 1.82) is 0 Å². The number of aromatic nitrogens is 1. The minimum absolute atomic E-state index is 0.660. The van der Waals surface area contributed by atoms with Gasteiger partial charge in [-0.1, -0.05) is 11.3 Å². The largest absolute Gasteiger partial charge is 0.497 e. The smallest absolute Gasteiger partial charge is 0.231 e. The van der Waals surface area contributed by atoms with Gasteiger partial charge < -0.3 is 14.1 Å². The molecule has 1 aromatic heterocycles. The first-order chi connectivity index (χ1) is 16.1. The zero-order valence-corrected chi connectivity index (χ0v) is 20.6. The van der Waals surface area contributed by atoms with E-state index in [1.54, 1.807) is 7.11 Å². The maximum absolute atomic E-state index is 5.29. The van der Waals surface area contributed by atoms with E-state index >= 15 is 0 Å². The predicted molar refractivity (Wildman–Crippen MR) is 136 cm³/mol. The van der Waals surface area contributed by atoms with E-state index in [9.17, 15) is 0 Å². The van der Waals surface area contributed by atoms with Crippen molar-refractivity contribution < 1.29 is 9.22 Å². The Morgan fingerprint density at radius 2 is 1.88 bits per heavy atom. The Kier molecular flexibility index (Phi) is 6.32. The Bertz CT molecular complexity index is 1140. The van der Waals surface area contributed by atoms with Crippen molar-refractivity contribution in [2.24, 2.45) is 10.2 Å². The van der Waals surface area contributed by atoms with E-state index < -0.39 is 0 Å². The van der Waals surface area contributed by atoms with Gasteiger partial charge in [-0.2, -0.15) is 0 Å². The van der Waals surface area contributed by atoms with Crippen LogP contribution in [0.25, 0.3) is 10.2 Å². The number of likely N-dealkylation sites (N-methyl/N-ethyl adjacent to an activating group) is 1. The molecule has 7 nitrogen and oxygen atoms in total. The lowest BCUT2D eigenvalue weighted by molar-refractivity contribution is -0.939. The van der Waals surface area contributed by atoms with Crippen LogP contribution < -0.4 is 9.64 Å². The van der Waals surface area contributed by atoms with Gasteiger partial charge in [0.2, 0.25) is 5.13 Å². The van der Waals surface area contributed by atoms with Gasteiger partial charge in [0.1, 0.15) is 5.75 Å². The summed E-state index contributed by atoms with van der Waals surface area (Å²) in [6.07, 6.45) is 0. The number of thiazole rings is 1. The van der Waals surface area contributed by atoms with Crippen LogP contribution in [-0.2, 0) is 0 Å². The second-order valence-corrected chi connectivity index (χ2v) is 10.2. The Morgan fingerprint density at radius 3 is 2.58 bits per heavy atom. The molecule has 0 spiro atoms. The number of benzene rings is 2. The number of methoxy groups -OCH3 is 1. The third kappa shape index (κ3) is 4.74. The molecule has 3 aliphatic rings. The molecular weight excluding hydrogens is 432 g/mol. The Labute approximate surface area is 199 Å². The summed E-state index contributed by atoms with van der Waals surface area (Å²) in [5, 5.41) is 9.58. The molecule has 3 aromatic rings. The molecule has 8 heteroatoms. The van der Waals surface area contributed by atoms with E-state index in [1.807, 2.05) is 18.2 Å². The Hall–Kier alpha value is -2.55. The molecule has 3 saturated heterocycles. The second kappa shape index (κ2) is 9.37. The zero-order chi connectivity index (χ0) is 22.8. The lowest BCUT2D eigenvalue weighted by Gasteiger charge is -2.51. The molecule has 4 heterocycles. The second-order valence-electron chi connectivity index (χ2n) is 9.16. The number of anilines is 1. The number of quaternary nitrogens is 1. The van der Waals surface area contributed by atoms with Crippen LogP contribution in [0.2, 0.25) is 0 Å². The van der Waals surface area contributed by atoms with Gasteiger partial charge in [0.25, 0.3) is 0 Å². The van der Waals surface area contributed by atoms with Crippen LogP contribution in [-0.4, -0.2) is 80.4 Å². The van der Waals surface area contributed by atoms with E-state index in [1.165, 1.54) is 67.3 Å². The van der Waals surface area contributed by atoms with E-state index in [0.717, 1.165) is 40.3 Å². The van der Waals surface area contributed by atoms with Crippen LogP contribution in [0.3, 0.4) is 0 Å². The van der Waals surface area contributed by atoms with Crippen molar-refractivity contribution in [3.05, 3.63) is 42.0 Å². The molecule has 2 aromatic carbocycles. The fraction of sp³-hybridized carbons (Fsp3) is 0.480. The summed E-state index contributed by atoms with van der Waals surface area (Å²) in [5.41, 5.74) is 4.19. The van der Waals surface area contributed by atoms with E-state index in [2.05, 4.69) is 57.1 Å². The first-order valence-electron chi connectivity index (χ1n) is 11.9. The normalized spacial score (nSPS) is 22.3. The third-order valence-corrected chi connectivity index (χ3v) is 8.19.